The lowest BCUT2D eigenvalue weighted by Gasteiger charge is -2.21. The maximum atomic E-state index is 12.3. The van der Waals surface area contributed by atoms with Gasteiger partial charge in [-0.25, -0.2) is 4.79 Å². The van der Waals surface area contributed by atoms with E-state index >= 15 is 0 Å². The zero-order chi connectivity index (χ0) is 14.3. The van der Waals surface area contributed by atoms with Crippen LogP contribution < -0.4 is 5.32 Å². The number of rotatable bonds is 3. The van der Waals surface area contributed by atoms with Gasteiger partial charge >= 0.3 is 5.97 Å². The smallest absolute Gasteiger partial charge is 0.339 e. The number of aromatic carboxylic acids is 1. The molecule has 0 heterocycles. The molecule has 3 N–H and O–H groups in total. The Hall–Kier alpha value is -2.04. The molecular weight excluding hydrogens is 258 g/mol. The van der Waals surface area contributed by atoms with Gasteiger partial charge in [0.1, 0.15) is 5.56 Å². The topological polar surface area (TPSA) is 86.6 Å². The molecule has 2 saturated carbocycles. The van der Waals surface area contributed by atoms with Crippen LogP contribution in [0.15, 0.2) is 18.2 Å². The molecule has 3 atom stereocenters. The summed E-state index contributed by atoms with van der Waals surface area (Å²) in [5.41, 5.74) is -0.0200. The summed E-state index contributed by atoms with van der Waals surface area (Å²) in [6.07, 6.45) is 4.35. The van der Waals surface area contributed by atoms with Crippen molar-refractivity contribution in [3.8, 4) is 5.75 Å². The van der Waals surface area contributed by atoms with Crippen molar-refractivity contribution >= 4 is 17.6 Å². The number of nitrogens with one attached hydrogen (secondary N) is 1. The molecule has 3 rings (SSSR count). The van der Waals surface area contributed by atoms with Gasteiger partial charge in [-0.1, -0.05) is 12.5 Å². The third-order valence-corrected chi connectivity index (χ3v) is 4.60. The predicted octanol–water partition coefficient (Wildman–Crippen LogP) is 2.47. The number of hydrogen-bond donors (Lipinski definition) is 3. The van der Waals surface area contributed by atoms with E-state index in [-0.39, 0.29) is 28.8 Å². The van der Waals surface area contributed by atoms with Crippen LogP contribution in [0.3, 0.4) is 0 Å². The van der Waals surface area contributed by atoms with E-state index in [0.717, 1.165) is 19.3 Å². The fraction of sp³-hybridized carbons (Fsp3) is 0.467. The summed E-state index contributed by atoms with van der Waals surface area (Å²) < 4.78 is 0. The van der Waals surface area contributed by atoms with Crippen LogP contribution in [0.2, 0.25) is 0 Å². The normalized spacial score (nSPS) is 27.5. The summed E-state index contributed by atoms with van der Waals surface area (Å²) in [6, 6.07) is 4.34. The summed E-state index contributed by atoms with van der Waals surface area (Å²) in [7, 11) is 0. The molecule has 0 aliphatic heterocycles. The first kappa shape index (κ1) is 13.0. The van der Waals surface area contributed by atoms with E-state index in [4.69, 9.17) is 5.11 Å². The molecule has 1 aromatic rings. The van der Waals surface area contributed by atoms with Crippen LogP contribution in [0.5, 0.6) is 5.75 Å². The summed E-state index contributed by atoms with van der Waals surface area (Å²) in [5.74, 6) is -0.578. The number of carbonyl (C=O) groups is 2. The van der Waals surface area contributed by atoms with Crippen molar-refractivity contribution in [2.24, 2.45) is 17.8 Å². The highest BCUT2D eigenvalue weighted by atomic mass is 16.4. The Morgan fingerprint density at radius 1 is 1.20 bits per heavy atom. The van der Waals surface area contributed by atoms with Crippen molar-refractivity contribution in [1.29, 1.82) is 0 Å². The molecule has 0 saturated heterocycles. The molecule has 1 aromatic carbocycles. The first-order chi connectivity index (χ1) is 9.56. The lowest BCUT2D eigenvalue weighted by Crippen LogP contribution is -2.27. The Balaban J connectivity index is 1.76. The minimum Gasteiger partial charge on any atom is -0.505 e. The molecule has 2 fully saturated rings. The number of amides is 1. The van der Waals surface area contributed by atoms with Gasteiger partial charge in [0, 0.05) is 5.92 Å². The Labute approximate surface area is 116 Å². The Morgan fingerprint density at radius 3 is 2.60 bits per heavy atom. The van der Waals surface area contributed by atoms with E-state index in [0.29, 0.717) is 11.8 Å². The molecule has 5 nitrogen and oxygen atoms in total. The van der Waals surface area contributed by atoms with Gasteiger partial charge in [0.05, 0.1) is 5.69 Å². The number of phenols is 1. The first-order valence-corrected chi connectivity index (χ1v) is 6.92. The fourth-order valence-electron chi connectivity index (χ4n) is 3.61. The van der Waals surface area contributed by atoms with Crippen LogP contribution in [-0.4, -0.2) is 22.1 Å². The first-order valence-electron chi connectivity index (χ1n) is 6.92. The maximum Gasteiger partial charge on any atom is 0.339 e. The highest BCUT2D eigenvalue weighted by Gasteiger charge is 2.43. The summed E-state index contributed by atoms with van der Waals surface area (Å²) >= 11 is 0. The highest BCUT2D eigenvalue weighted by Crippen LogP contribution is 2.48. The maximum absolute atomic E-state index is 12.3. The second-order valence-corrected chi connectivity index (χ2v) is 5.78. The second kappa shape index (κ2) is 4.81. The quantitative estimate of drug-likeness (QED) is 0.739. The van der Waals surface area contributed by atoms with E-state index in [1.165, 1.54) is 24.6 Å². The van der Waals surface area contributed by atoms with Crippen molar-refractivity contribution < 1.29 is 19.8 Å². The Morgan fingerprint density at radius 2 is 2.00 bits per heavy atom. The van der Waals surface area contributed by atoms with E-state index in [2.05, 4.69) is 5.32 Å². The average Bonchev–Trinajstić information content (AvgIpc) is 3.03. The lowest BCUT2D eigenvalue weighted by atomic mass is 9.88. The number of benzene rings is 1. The number of carboxylic acids is 1. The van der Waals surface area contributed by atoms with Gasteiger partial charge in [0.25, 0.3) is 0 Å². The van der Waals surface area contributed by atoms with Crippen molar-refractivity contribution in [2.75, 3.05) is 5.32 Å². The lowest BCUT2D eigenvalue weighted by molar-refractivity contribution is -0.121. The molecule has 5 heteroatoms. The van der Waals surface area contributed by atoms with Crippen molar-refractivity contribution in [2.45, 2.75) is 25.7 Å². The van der Waals surface area contributed by atoms with Gasteiger partial charge in [-0.2, -0.15) is 0 Å². The number of para-hydroxylation sites is 1. The predicted molar refractivity (Wildman–Crippen MR) is 72.6 cm³/mol. The summed E-state index contributed by atoms with van der Waals surface area (Å²) in [6.45, 7) is 0. The zero-order valence-corrected chi connectivity index (χ0v) is 11.0. The summed E-state index contributed by atoms with van der Waals surface area (Å²) in [5, 5.41) is 21.5. The van der Waals surface area contributed by atoms with Gasteiger partial charge in [-0.3, -0.25) is 4.79 Å². The van der Waals surface area contributed by atoms with Gasteiger partial charge in [-0.05, 0) is 43.2 Å². The van der Waals surface area contributed by atoms with Crippen LogP contribution in [-0.2, 0) is 4.79 Å². The molecule has 3 unspecified atom stereocenters. The van der Waals surface area contributed by atoms with Gasteiger partial charge in [-0.15, -0.1) is 0 Å². The molecule has 106 valence electrons. The molecule has 0 radical (unpaired) electrons. The summed E-state index contributed by atoms with van der Waals surface area (Å²) in [4.78, 5) is 23.2. The number of anilines is 1. The fourth-order valence-corrected chi connectivity index (χ4v) is 3.61. The van der Waals surface area contributed by atoms with Crippen LogP contribution in [0, 0.1) is 17.8 Å². The van der Waals surface area contributed by atoms with E-state index in [1.54, 1.807) is 0 Å². The van der Waals surface area contributed by atoms with Gasteiger partial charge in [0.15, 0.2) is 5.75 Å². The number of fused-ring (bicyclic) bond motifs is 2. The van der Waals surface area contributed by atoms with Crippen LogP contribution in [0.4, 0.5) is 5.69 Å². The van der Waals surface area contributed by atoms with Gasteiger partial charge < -0.3 is 15.5 Å². The standard InChI is InChI=1S/C15H17NO4/c17-13-10(15(19)20)2-1-3-12(13)16-14(18)11-7-8-4-5-9(11)6-8/h1-3,8-9,11,17H,4-7H2,(H,16,18)(H,19,20). The highest BCUT2D eigenvalue weighted by molar-refractivity contribution is 5.98. The molecule has 2 aliphatic rings. The number of carboxylic acid groups (broad SMARTS) is 1. The number of carbonyl (C=O) groups excluding carboxylic acids is 1. The third kappa shape index (κ3) is 2.13. The molecule has 0 spiro atoms. The molecule has 0 aromatic heterocycles. The Kier molecular flexibility index (Phi) is 3.12. The minimum absolute atomic E-state index is 0.00151. The molecule has 2 aliphatic carbocycles. The molecule has 20 heavy (non-hydrogen) atoms. The van der Waals surface area contributed by atoms with Gasteiger partial charge in [0.2, 0.25) is 5.91 Å². The number of aromatic hydroxyl groups is 1. The molecule has 1 amide bonds. The average molecular weight is 275 g/mol. The molecular formula is C15H17NO4. The van der Waals surface area contributed by atoms with Crippen LogP contribution in [0.1, 0.15) is 36.0 Å². The van der Waals surface area contributed by atoms with Crippen molar-refractivity contribution in [3.63, 3.8) is 0 Å². The monoisotopic (exact) mass is 275 g/mol. The number of hydrogen-bond acceptors (Lipinski definition) is 3. The third-order valence-electron chi connectivity index (χ3n) is 4.60. The minimum atomic E-state index is -1.21. The Bertz CT molecular complexity index is 569. The zero-order valence-electron chi connectivity index (χ0n) is 11.0. The SMILES string of the molecule is O=C(O)c1cccc(NC(=O)C2CC3CCC2C3)c1O. The van der Waals surface area contributed by atoms with Crippen molar-refractivity contribution in [1.82, 2.24) is 0 Å². The van der Waals surface area contributed by atoms with Crippen molar-refractivity contribution in [3.05, 3.63) is 23.8 Å². The van der Waals surface area contributed by atoms with Crippen LogP contribution >= 0.6 is 0 Å². The van der Waals surface area contributed by atoms with Crippen LogP contribution in [0.25, 0.3) is 0 Å². The van der Waals surface area contributed by atoms with E-state index < -0.39 is 5.97 Å². The second-order valence-electron chi connectivity index (χ2n) is 5.78. The van der Waals surface area contributed by atoms with E-state index in [9.17, 15) is 14.7 Å². The molecule has 2 bridgehead atoms. The largest absolute Gasteiger partial charge is 0.505 e. The van der Waals surface area contributed by atoms with E-state index in [1.807, 2.05) is 0 Å².